The zero-order chi connectivity index (χ0) is 82.4. The quantitative estimate of drug-likeness (QED) is 0.0199. The summed E-state index contributed by atoms with van der Waals surface area (Å²) >= 11 is 0. The van der Waals surface area contributed by atoms with Gasteiger partial charge in [-0.05, 0) is 96.3 Å². The summed E-state index contributed by atoms with van der Waals surface area (Å²) in [6, 6.07) is -1.00. The highest BCUT2D eigenvalue weighted by Gasteiger charge is 2.54. The average molecular weight is 1610 g/mol. The van der Waals surface area contributed by atoms with Crippen LogP contribution in [-0.4, -0.2) is 193 Å². The Morgan fingerprint density at radius 3 is 0.982 bits per heavy atom. The molecule has 19 heteroatoms. The molecule has 3 saturated heterocycles. The highest BCUT2D eigenvalue weighted by atomic mass is 16.8. The van der Waals surface area contributed by atoms with E-state index in [-0.39, 0.29) is 18.9 Å². The van der Waals surface area contributed by atoms with Crippen LogP contribution in [0.3, 0.4) is 0 Å². The molecule has 17 unspecified atom stereocenters. The predicted octanol–water partition coefficient (Wildman–Crippen LogP) is 17.8. The molecule has 0 spiro atoms. The van der Waals surface area contributed by atoms with Gasteiger partial charge in [0.25, 0.3) is 0 Å². The van der Waals surface area contributed by atoms with Crippen LogP contribution in [0.25, 0.3) is 0 Å². The molecule has 1 amide bonds. The Labute approximate surface area is 690 Å². The maximum absolute atomic E-state index is 13.5. The lowest BCUT2D eigenvalue weighted by atomic mass is 9.96. The minimum atomic E-state index is -1.99. The van der Waals surface area contributed by atoms with Crippen LogP contribution in [0.2, 0.25) is 0 Å². The van der Waals surface area contributed by atoms with Crippen molar-refractivity contribution in [3.05, 3.63) is 122 Å². The van der Waals surface area contributed by atoms with Gasteiger partial charge in [-0.1, -0.05) is 360 Å². The Bertz CT molecular complexity index is 2530. The van der Waals surface area contributed by atoms with Crippen LogP contribution in [0.1, 0.15) is 341 Å². The smallest absolute Gasteiger partial charge is 0.220 e. The summed E-state index contributed by atoms with van der Waals surface area (Å²) in [6.45, 7) is 1.64. The van der Waals surface area contributed by atoms with Crippen LogP contribution in [0.15, 0.2) is 122 Å². The largest absolute Gasteiger partial charge is 0.394 e. The highest BCUT2D eigenvalue weighted by molar-refractivity contribution is 5.76. The van der Waals surface area contributed by atoms with Crippen molar-refractivity contribution in [2.24, 2.45) is 0 Å². The molecule has 0 saturated carbocycles. The summed E-state index contributed by atoms with van der Waals surface area (Å²) in [5.41, 5.74) is 0. The van der Waals surface area contributed by atoms with Crippen molar-refractivity contribution in [2.45, 2.75) is 446 Å². The third-order valence-electron chi connectivity index (χ3n) is 22.0. The summed E-state index contributed by atoms with van der Waals surface area (Å²) < 4.78 is 34.5. The molecule has 3 rings (SSSR count). The van der Waals surface area contributed by atoms with Gasteiger partial charge in [-0.15, -0.1) is 0 Å². The fourth-order valence-electron chi connectivity index (χ4n) is 14.8. The zero-order valence-electron chi connectivity index (χ0n) is 71.0. The molecule has 19 nitrogen and oxygen atoms in total. The summed E-state index contributed by atoms with van der Waals surface area (Å²) in [7, 11) is 0. The van der Waals surface area contributed by atoms with Gasteiger partial charge in [-0.2, -0.15) is 0 Å². The second-order valence-corrected chi connectivity index (χ2v) is 32.0. The molecular formula is C95H165NO18. The lowest BCUT2D eigenvalue weighted by Crippen LogP contribution is -2.66. The minimum Gasteiger partial charge on any atom is -0.394 e. The number of hydrogen-bond acceptors (Lipinski definition) is 18. The molecular weight excluding hydrogens is 1440 g/mol. The van der Waals surface area contributed by atoms with Crippen LogP contribution in [0, 0.1) is 0 Å². The molecule has 0 radical (unpaired) electrons. The minimum absolute atomic E-state index is 0.227. The molecule has 0 aromatic heterocycles. The fourth-order valence-corrected chi connectivity index (χ4v) is 14.8. The van der Waals surface area contributed by atoms with E-state index in [2.05, 4.69) is 129 Å². The van der Waals surface area contributed by atoms with Crippen molar-refractivity contribution < 1.29 is 89.4 Å². The molecule has 658 valence electrons. The van der Waals surface area contributed by atoms with Gasteiger partial charge in [-0.25, -0.2) is 0 Å². The molecule has 0 aliphatic carbocycles. The van der Waals surface area contributed by atoms with Crippen LogP contribution >= 0.6 is 0 Å². The standard InChI is InChI=1S/C95H165NO18/c1-3-5-7-9-11-13-15-17-19-21-23-25-27-29-31-33-35-37-38-39-40-41-43-45-47-49-51-53-55-57-59-61-63-65-67-69-71-73-83(101)96-78(79(100)72-70-68-66-64-62-60-58-56-54-52-50-48-46-44-42-36-34-32-30-28-26-24-22-20-18-16-14-12-10-8-6-4-2)77-109-93-89(107)86(104)91(81(75-98)111-93)114-95-90(108)87(105)92(82(76-99)112-95)113-94-88(106)85(103)84(102)80(74-97)110-94/h5,7,11,13,17,19,23,25,29,31,35,37,39-40,43,45,62,64,70,72,78-82,84-95,97-100,102-108H,3-4,6,8-10,12,14-16,18,20-22,24,26-28,30,32-34,36,38,41-42,44,46-61,63,65-69,71,73-77H2,1-2H3,(H,96,101)/b7-5-,13-11-,19-17-,25-23-,31-29-,37-35-,40-39-,45-43-,64-62+,72-70+. The number of rotatable bonds is 73. The number of hydrogen-bond donors (Lipinski definition) is 12. The number of aliphatic hydroxyl groups is 11. The Balaban J connectivity index is 1.34. The van der Waals surface area contributed by atoms with Crippen molar-refractivity contribution in [1.82, 2.24) is 5.32 Å². The summed E-state index contributed by atoms with van der Waals surface area (Å²) in [5.74, 6) is -0.288. The molecule has 0 aromatic rings. The molecule has 12 N–H and O–H groups in total. The van der Waals surface area contributed by atoms with Gasteiger partial charge in [0.05, 0.1) is 38.6 Å². The van der Waals surface area contributed by atoms with Crippen molar-refractivity contribution in [3.8, 4) is 0 Å². The Hall–Kier alpha value is -3.81. The van der Waals surface area contributed by atoms with E-state index in [0.29, 0.717) is 12.8 Å². The predicted molar refractivity (Wildman–Crippen MR) is 461 cm³/mol. The van der Waals surface area contributed by atoms with Crippen LogP contribution in [-0.2, 0) is 33.2 Å². The number of unbranched alkanes of at least 4 members (excludes halogenated alkanes) is 39. The second-order valence-electron chi connectivity index (χ2n) is 32.0. The first-order valence-corrected chi connectivity index (χ1v) is 45.8. The number of carbonyl (C=O) groups excluding carboxylic acids is 1. The number of amides is 1. The molecule has 0 bridgehead atoms. The van der Waals surface area contributed by atoms with Crippen molar-refractivity contribution in [3.63, 3.8) is 0 Å². The third kappa shape index (κ3) is 51.0. The lowest BCUT2D eigenvalue weighted by Gasteiger charge is -2.48. The Kier molecular flexibility index (Phi) is 67.0. The number of ether oxygens (including phenoxy) is 6. The molecule has 17 atom stereocenters. The molecule has 0 aromatic carbocycles. The Morgan fingerprint density at radius 2 is 0.614 bits per heavy atom. The van der Waals surface area contributed by atoms with E-state index in [1.807, 2.05) is 6.08 Å². The summed E-state index contributed by atoms with van der Waals surface area (Å²) in [6.07, 6.45) is 77.8. The van der Waals surface area contributed by atoms with E-state index in [4.69, 9.17) is 28.4 Å². The number of allylic oxidation sites excluding steroid dienone is 19. The van der Waals surface area contributed by atoms with E-state index in [1.54, 1.807) is 6.08 Å². The first kappa shape index (κ1) is 104. The molecule has 3 aliphatic rings. The zero-order valence-corrected chi connectivity index (χ0v) is 71.0. The highest BCUT2D eigenvalue weighted by Crippen LogP contribution is 2.33. The van der Waals surface area contributed by atoms with Crippen molar-refractivity contribution in [2.75, 3.05) is 26.4 Å². The van der Waals surface area contributed by atoms with Crippen LogP contribution < -0.4 is 5.32 Å². The van der Waals surface area contributed by atoms with E-state index < -0.39 is 124 Å². The normalized spacial score (nSPS) is 25.3. The van der Waals surface area contributed by atoms with Gasteiger partial charge in [0, 0.05) is 6.42 Å². The van der Waals surface area contributed by atoms with Gasteiger partial charge in [0.1, 0.15) is 73.2 Å². The van der Waals surface area contributed by atoms with Crippen LogP contribution in [0.4, 0.5) is 0 Å². The van der Waals surface area contributed by atoms with E-state index in [1.165, 1.54) is 205 Å². The van der Waals surface area contributed by atoms with Gasteiger partial charge < -0.3 is 89.9 Å². The van der Waals surface area contributed by atoms with Crippen molar-refractivity contribution in [1.29, 1.82) is 0 Å². The van der Waals surface area contributed by atoms with Crippen molar-refractivity contribution >= 4 is 5.91 Å². The molecule has 114 heavy (non-hydrogen) atoms. The number of nitrogens with one attached hydrogen (secondary N) is 1. The summed E-state index contributed by atoms with van der Waals surface area (Å²) in [5, 5.41) is 121. The molecule has 3 aliphatic heterocycles. The van der Waals surface area contributed by atoms with E-state index in [9.17, 15) is 61.0 Å². The topological polar surface area (TPSA) is 307 Å². The number of carbonyl (C=O) groups is 1. The number of aliphatic hydroxyl groups excluding tert-OH is 11. The SMILES string of the molecule is CC/C=C\C/C=C\C/C=C\C/C=C\C/C=C\C/C=C\C/C=C\C/C=C\CCCCCCCCCCCCCCC(=O)NC(COC1OC(CO)C(OC2OC(CO)C(OC3OC(CO)C(O)C(O)C3O)C(O)C2O)C(O)C1O)C(O)/C=C/CC/C=C/CCCCCCCCCCCCCCCCCCCCCCCCCCCC. The first-order chi connectivity index (χ1) is 55.8. The monoisotopic (exact) mass is 1610 g/mol. The maximum atomic E-state index is 13.5. The maximum Gasteiger partial charge on any atom is 0.220 e. The molecule has 3 heterocycles. The first-order valence-electron chi connectivity index (χ1n) is 45.8. The van der Waals surface area contributed by atoms with Gasteiger partial charge in [0.15, 0.2) is 18.9 Å². The van der Waals surface area contributed by atoms with E-state index in [0.717, 1.165) is 103 Å². The molecule has 3 fully saturated rings. The second kappa shape index (κ2) is 73.1. The summed E-state index contributed by atoms with van der Waals surface area (Å²) in [4.78, 5) is 13.5. The van der Waals surface area contributed by atoms with Gasteiger partial charge >= 0.3 is 0 Å². The van der Waals surface area contributed by atoms with E-state index >= 15 is 0 Å². The lowest BCUT2D eigenvalue weighted by molar-refractivity contribution is -0.379. The third-order valence-corrected chi connectivity index (χ3v) is 22.0. The Morgan fingerprint density at radius 1 is 0.325 bits per heavy atom. The van der Waals surface area contributed by atoms with Gasteiger partial charge in [-0.3, -0.25) is 4.79 Å². The van der Waals surface area contributed by atoms with Crippen LogP contribution in [0.5, 0.6) is 0 Å². The average Bonchev–Trinajstić information content (AvgIpc) is 0.777. The van der Waals surface area contributed by atoms with Gasteiger partial charge in [0.2, 0.25) is 5.91 Å². The fraction of sp³-hybridized carbons (Fsp3) is 0.779.